The number of carbonyl (C=O) groups is 1. The van der Waals surface area contributed by atoms with Crippen molar-refractivity contribution < 1.29 is 9.53 Å². The molecule has 1 N–H and O–H groups in total. The van der Waals surface area contributed by atoms with Crippen LogP contribution in [0.3, 0.4) is 0 Å². The molecular formula is C11H12N2O2. The Morgan fingerprint density at radius 1 is 1.60 bits per heavy atom. The average Bonchev–Trinajstić information content (AvgIpc) is 2.28. The number of amides is 1. The van der Waals surface area contributed by atoms with E-state index in [1.807, 2.05) is 13.0 Å². The minimum atomic E-state index is -0.184. The number of carbonyl (C=O) groups excluding carboxylic acids is 1. The molecule has 15 heavy (non-hydrogen) atoms. The second-order valence-corrected chi connectivity index (χ2v) is 2.89. The van der Waals surface area contributed by atoms with Crippen LogP contribution in [-0.2, 0) is 0 Å². The third-order valence-electron chi connectivity index (χ3n) is 1.92. The van der Waals surface area contributed by atoms with Crippen LogP contribution < -0.4 is 10.1 Å². The first-order valence-corrected chi connectivity index (χ1v) is 4.59. The van der Waals surface area contributed by atoms with E-state index in [0.29, 0.717) is 23.4 Å². The third kappa shape index (κ3) is 2.47. The maximum atomic E-state index is 11.5. The highest BCUT2D eigenvalue weighted by Crippen LogP contribution is 2.18. The molecule has 0 saturated heterocycles. The number of nitrogens with zero attached hydrogens (tertiary/aromatic N) is 1. The lowest BCUT2D eigenvalue weighted by molar-refractivity contribution is 0.0956. The third-order valence-corrected chi connectivity index (χ3v) is 1.92. The number of methoxy groups -OCH3 is 1. The molecule has 0 radical (unpaired) electrons. The molecule has 4 heteroatoms. The van der Waals surface area contributed by atoms with Gasteiger partial charge in [0, 0.05) is 12.1 Å². The minimum Gasteiger partial charge on any atom is -0.495 e. The highest BCUT2D eigenvalue weighted by Gasteiger charge is 2.08. The zero-order chi connectivity index (χ0) is 11.3. The van der Waals surface area contributed by atoms with Gasteiger partial charge in [-0.15, -0.1) is 0 Å². The van der Waals surface area contributed by atoms with Crippen LogP contribution in [0, 0.1) is 11.3 Å². The summed E-state index contributed by atoms with van der Waals surface area (Å²) < 4.78 is 4.98. The molecule has 0 saturated carbocycles. The quantitative estimate of drug-likeness (QED) is 0.807. The van der Waals surface area contributed by atoms with E-state index in [9.17, 15) is 4.79 Å². The number of benzene rings is 1. The molecule has 1 aromatic rings. The fourth-order valence-electron chi connectivity index (χ4n) is 1.20. The molecule has 1 aromatic carbocycles. The van der Waals surface area contributed by atoms with Gasteiger partial charge < -0.3 is 10.1 Å². The molecule has 0 aliphatic heterocycles. The van der Waals surface area contributed by atoms with E-state index in [0.717, 1.165) is 0 Å². The monoisotopic (exact) mass is 204 g/mol. The van der Waals surface area contributed by atoms with Gasteiger partial charge in [-0.25, -0.2) is 0 Å². The van der Waals surface area contributed by atoms with Crippen molar-refractivity contribution in [3.8, 4) is 11.8 Å². The molecule has 4 nitrogen and oxygen atoms in total. The Bertz CT molecular complexity index is 408. The Morgan fingerprint density at radius 2 is 2.33 bits per heavy atom. The van der Waals surface area contributed by atoms with Crippen molar-refractivity contribution >= 4 is 5.91 Å². The van der Waals surface area contributed by atoms with Gasteiger partial charge in [0.2, 0.25) is 0 Å². The Morgan fingerprint density at radius 3 is 2.87 bits per heavy atom. The lowest BCUT2D eigenvalue weighted by Crippen LogP contribution is -2.22. The maximum absolute atomic E-state index is 11.5. The van der Waals surface area contributed by atoms with Gasteiger partial charge in [-0.05, 0) is 25.1 Å². The van der Waals surface area contributed by atoms with Gasteiger partial charge in [0.15, 0.2) is 0 Å². The fraction of sp³-hybridized carbons (Fsp3) is 0.273. The molecular weight excluding hydrogens is 192 g/mol. The van der Waals surface area contributed by atoms with Gasteiger partial charge >= 0.3 is 0 Å². The van der Waals surface area contributed by atoms with Gasteiger partial charge in [-0.2, -0.15) is 5.26 Å². The van der Waals surface area contributed by atoms with Crippen LogP contribution in [0.2, 0.25) is 0 Å². The van der Waals surface area contributed by atoms with Crippen molar-refractivity contribution in [2.24, 2.45) is 0 Å². The number of rotatable bonds is 3. The Balaban J connectivity index is 3.04. The first-order chi connectivity index (χ1) is 7.22. The first kappa shape index (κ1) is 11.1. The second kappa shape index (κ2) is 5.01. The van der Waals surface area contributed by atoms with Gasteiger partial charge in [-0.1, -0.05) is 0 Å². The van der Waals surface area contributed by atoms with Crippen LogP contribution in [0.15, 0.2) is 18.2 Å². The predicted molar refractivity (Wildman–Crippen MR) is 55.7 cm³/mol. The van der Waals surface area contributed by atoms with Crippen molar-refractivity contribution in [3.05, 3.63) is 29.3 Å². The standard InChI is InChI=1S/C11H12N2O2/c1-3-13-11(14)8-4-5-10(15-2)9(6-8)7-12/h4-6H,3H2,1-2H3,(H,13,14). The number of ether oxygens (including phenoxy) is 1. The Labute approximate surface area is 88.5 Å². The molecule has 0 spiro atoms. The summed E-state index contributed by atoms with van der Waals surface area (Å²) in [7, 11) is 1.49. The first-order valence-electron chi connectivity index (χ1n) is 4.59. The van der Waals surface area contributed by atoms with Crippen molar-refractivity contribution in [1.29, 1.82) is 5.26 Å². The zero-order valence-corrected chi connectivity index (χ0v) is 8.70. The molecule has 1 rings (SSSR count). The molecule has 1 amide bonds. The molecule has 0 aliphatic carbocycles. The van der Waals surface area contributed by atoms with Gasteiger partial charge in [0.1, 0.15) is 11.8 Å². The van der Waals surface area contributed by atoms with Crippen LogP contribution in [0.1, 0.15) is 22.8 Å². The molecule has 0 atom stereocenters. The van der Waals surface area contributed by atoms with E-state index >= 15 is 0 Å². The number of hydrogen-bond acceptors (Lipinski definition) is 3. The number of nitrogens with one attached hydrogen (secondary N) is 1. The molecule has 0 heterocycles. The van der Waals surface area contributed by atoms with Gasteiger partial charge in [-0.3, -0.25) is 4.79 Å². The Kier molecular flexibility index (Phi) is 3.69. The second-order valence-electron chi connectivity index (χ2n) is 2.89. The van der Waals surface area contributed by atoms with Gasteiger partial charge in [0.05, 0.1) is 12.7 Å². The molecule has 0 fully saturated rings. The molecule has 0 aromatic heterocycles. The highest BCUT2D eigenvalue weighted by atomic mass is 16.5. The highest BCUT2D eigenvalue weighted by molar-refractivity contribution is 5.94. The van der Waals surface area contributed by atoms with E-state index in [-0.39, 0.29) is 5.91 Å². The smallest absolute Gasteiger partial charge is 0.251 e. The Hall–Kier alpha value is -2.02. The summed E-state index contributed by atoms with van der Waals surface area (Å²) in [5.74, 6) is 0.294. The topological polar surface area (TPSA) is 62.1 Å². The summed E-state index contributed by atoms with van der Waals surface area (Å²) in [6, 6.07) is 6.74. The summed E-state index contributed by atoms with van der Waals surface area (Å²) >= 11 is 0. The van der Waals surface area contributed by atoms with Crippen molar-refractivity contribution in [2.45, 2.75) is 6.92 Å². The summed E-state index contributed by atoms with van der Waals surface area (Å²) in [5.41, 5.74) is 0.829. The predicted octanol–water partition coefficient (Wildman–Crippen LogP) is 1.32. The van der Waals surface area contributed by atoms with Crippen LogP contribution in [-0.4, -0.2) is 19.6 Å². The van der Waals surface area contributed by atoms with Crippen molar-refractivity contribution in [3.63, 3.8) is 0 Å². The van der Waals surface area contributed by atoms with Crippen LogP contribution in [0.25, 0.3) is 0 Å². The lowest BCUT2D eigenvalue weighted by Gasteiger charge is -2.05. The van der Waals surface area contributed by atoms with E-state index in [1.165, 1.54) is 13.2 Å². The van der Waals surface area contributed by atoms with Crippen molar-refractivity contribution in [2.75, 3.05) is 13.7 Å². The van der Waals surface area contributed by atoms with Crippen LogP contribution in [0.4, 0.5) is 0 Å². The minimum absolute atomic E-state index is 0.184. The number of hydrogen-bond donors (Lipinski definition) is 1. The van der Waals surface area contributed by atoms with E-state index < -0.39 is 0 Å². The zero-order valence-electron chi connectivity index (χ0n) is 8.70. The summed E-state index contributed by atoms with van der Waals surface area (Å²) in [6.07, 6.45) is 0. The molecule has 0 aliphatic rings. The molecule has 0 bridgehead atoms. The average molecular weight is 204 g/mol. The molecule has 78 valence electrons. The van der Waals surface area contributed by atoms with Gasteiger partial charge in [0.25, 0.3) is 5.91 Å². The van der Waals surface area contributed by atoms with E-state index in [4.69, 9.17) is 10.00 Å². The summed E-state index contributed by atoms with van der Waals surface area (Å²) in [6.45, 7) is 2.40. The van der Waals surface area contributed by atoms with Crippen LogP contribution in [0.5, 0.6) is 5.75 Å². The van der Waals surface area contributed by atoms with Crippen molar-refractivity contribution in [1.82, 2.24) is 5.32 Å². The maximum Gasteiger partial charge on any atom is 0.251 e. The summed E-state index contributed by atoms with van der Waals surface area (Å²) in [5, 5.41) is 11.5. The normalized spacial score (nSPS) is 9.13. The van der Waals surface area contributed by atoms with Crippen LogP contribution >= 0.6 is 0 Å². The number of nitriles is 1. The largest absolute Gasteiger partial charge is 0.495 e. The van der Waals surface area contributed by atoms with E-state index in [1.54, 1.807) is 12.1 Å². The summed E-state index contributed by atoms with van der Waals surface area (Å²) in [4.78, 5) is 11.5. The van der Waals surface area contributed by atoms with E-state index in [2.05, 4.69) is 5.32 Å². The molecule has 0 unspecified atom stereocenters. The fourth-order valence-corrected chi connectivity index (χ4v) is 1.20. The lowest BCUT2D eigenvalue weighted by atomic mass is 10.1. The SMILES string of the molecule is CCNC(=O)c1ccc(OC)c(C#N)c1.